The largest absolute Gasteiger partial charge is 0.503 e. The number of halogens is 1. The van der Waals surface area contributed by atoms with Gasteiger partial charge in [-0.2, -0.15) is 0 Å². The predicted molar refractivity (Wildman–Crippen MR) is 130 cm³/mol. The summed E-state index contributed by atoms with van der Waals surface area (Å²) in [6, 6.07) is 13.0. The maximum atomic E-state index is 13.4. The second-order valence-electron chi connectivity index (χ2n) is 8.42. The van der Waals surface area contributed by atoms with Gasteiger partial charge < -0.3 is 19.9 Å². The Morgan fingerprint density at radius 2 is 1.97 bits per heavy atom. The van der Waals surface area contributed by atoms with E-state index < -0.39 is 11.9 Å². The summed E-state index contributed by atoms with van der Waals surface area (Å²) in [5, 5.41) is 13.7. The molecule has 2 N–H and O–H groups in total. The molecule has 34 heavy (non-hydrogen) atoms. The number of aromatic hydroxyl groups is 1. The lowest BCUT2D eigenvalue weighted by atomic mass is 9.75. The van der Waals surface area contributed by atoms with Gasteiger partial charge in [0.05, 0.1) is 23.8 Å². The predicted octanol–water partition coefficient (Wildman–Crippen LogP) is 5.20. The number of rotatable bonds is 7. The molecule has 6 nitrogen and oxygen atoms in total. The zero-order valence-corrected chi connectivity index (χ0v) is 20.1. The van der Waals surface area contributed by atoms with Crippen LogP contribution in [-0.4, -0.2) is 30.1 Å². The molecule has 2 aliphatic rings. The van der Waals surface area contributed by atoms with Crippen LogP contribution in [0.5, 0.6) is 11.5 Å². The van der Waals surface area contributed by atoms with E-state index in [-0.39, 0.29) is 28.9 Å². The maximum absolute atomic E-state index is 13.4. The monoisotopic (exact) mass is 481 g/mol. The number of carbonyl (C=O) groups excluding carboxylic acids is 2. The van der Waals surface area contributed by atoms with Gasteiger partial charge in [-0.1, -0.05) is 41.9 Å². The molecular formula is C27H28ClNO5. The van der Waals surface area contributed by atoms with Crippen LogP contribution in [0.1, 0.15) is 50.2 Å². The molecule has 2 aromatic rings. The van der Waals surface area contributed by atoms with Crippen LogP contribution < -0.4 is 10.1 Å². The molecule has 0 amide bonds. The summed E-state index contributed by atoms with van der Waals surface area (Å²) >= 11 is 6.32. The zero-order chi connectivity index (χ0) is 24.2. The highest BCUT2D eigenvalue weighted by Crippen LogP contribution is 2.46. The number of hydrogen-bond donors (Lipinski definition) is 2. The third-order valence-electron chi connectivity index (χ3n) is 6.15. The van der Waals surface area contributed by atoms with Crippen molar-refractivity contribution >= 4 is 23.4 Å². The van der Waals surface area contributed by atoms with Crippen LogP contribution in [0.15, 0.2) is 65.0 Å². The normalized spacial score (nSPS) is 17.9. The molecule has 1 aliphatic carbocycles. The molecule has 0 spiro atoms. The molecular weight excluding hydrogens is 454 g/mol. The second kappa shape index (κ2) is 10.3. The molecule has 0 aromatic heterocycles. The molecule has 0 fully saturated rings. The number of hydrogen-bond acceptors (Lipinski definition) is 6. The van der Waals surface area contributed by atoms with E-state index in [0.717, 1.165) is 24.1 Å². The first-order valence-electron chi connectivity index (χ1n) is 11.5. The Labute approximate surface area is 204 Å². The third-order valence-corrected chi connectivity index (χ3v) is 6.43. The third kappa shape index (κ3) is 4.82. The first kappa shape index (κ1) is 23.9. The molecule has 0 saturated carbocycles. The highest BCUT2D eigenvalue weighted by molar-refractivity contribution is 6.32. The Kier molecular flexibility index (Phi) is 7.27. The highest BCUT2D eigenvalue weighted by atomic mass is 35.5. The molecule has 0 unspecified atom stereocenters. The number of nitrogens with one attached hydrogen (secondary N) is 1. The van der Waals surface area contributed by atoms with Crippen LogP contribution in [0.2, 0.25) is 5.02 Å². The first-order valence-corrected chi connectivity index (χ1v) is 11.9. The minimum atomic E-state index is -0.661. The zero-order valence-electron chi connectivity index (χ0n) is 19.3. The Morgan fingerprint density at radius 1 is 1.21 bits per heavy atom. The van der Waals surface area contributed by atoms with Crippen LogP contribution in [0.25, 0.3) is 0 Å². The van der Waals surface area contributed by atoms with Gasteiger partial charge in [0.1, 0.15) is 0 Å². The summed E-state index contributed by atoms with van der Waals surface area (Å²) in [5.41, 5.74) is 4.05. The fraction of sp³-hybridized carbons (Fsp3) is 0.333. The van der Waals surface area contributed by atoms with Crippen molar-refractivity contribution in [2.24, 2.45) is 0 Å². The fourth-order valence-electron chi connectivity index (χ4n) is 4.60. The van der Waals surface area contributed by atoms with Crippen molar-refractivity contribution in [2.75, 3.05) is 13.2 Å². The number of phenols is 1. The van der Waals surface area contributed by atoms with E-state index in [4.69, 9.17) is 21.1 Å². The smallest absolute Gasteiger partial charge is 0.336 e. The van der Waals surface area contributed by atoms with Gasteiger partial charge in [-0.15, -0.1) is 0 Å². The number of esters is 1. The van der Waals surface area contributed by atoms with Gasteiger partial charge in [-0.3, -0.25) is 4.79 Å². The minimum absolute atomic E-state index is 0.0111. The Hall–Kier alpha value is -3.25. The lowest BCUT2D eigenvalue weighted by Crippen LogP contribution is -2.34. The number of dihydropyridines is 1. The lowest BCUT2D eigenvalue weighted by molar-refractivity contribution is -0.139. The van der Waals surface area contributed by atoms with Crippen LogP contribution in [-0.2, 0) is 20.7 Å². The molecule has 178 valence electrons. The van der Waals surface area contributed by atoms with E-state index in [9.17, 15) is 14.7 Å². The molecule has 1 aliphatic heterocycles. The van der Waals surface area contributed by atoms with Crippen molar-refractivity contribution in [3.8, 4) is 11.5 Å². The van der Waals surface area contributed by atoms with Crippen molar-refractivity contribution in [3.63, 3.8) is 0 Å². The molecule has 2 aromatic carbocycles. The summed E-state index contributed by atoms with van der Waals surface area (Å²) in [6.45, 7) is 4.16. The average Bonchev–Trinajstić information content (AvgIpc) is 2.82. The summed E-state index contributed by atoms with van der Waals surface area (Å²) < 4.78 is 11.2. The Balaban J connectivity index is 1.71. The Morgan fingerprint density at radius 3 is 2.71 bits per heavy atom. The van der Waals surface area contributed by atoms with Gasteiger partial charge in [-0.25, -0.2) is 4.79 Å². The van der Waals surface area contributed by atoms with Gasteiger partial charge in [0.15, 0.2) is 17.3 Å². The van der Waals surface area contributed by atoms with Crippen molar-refractivity contribution < 1.29 is 24.2 Å². The van der Waals surface area contributed by atoms with Crippen LogP contribution in [0.3, 0.4) is 0 Å². The quantitative estimate of drug-likeness (QED) is 0.529. The summed E-state index contributed by atoms with van der Waals surface area (Å²) in [4.78, 5) is 26.4. The number of ketones is 1. The number of ether oxygens (including phenoxy) is 2. The Bertz CT molecular complexity index is 1170. The first-order chi connectivity index (χ1) is 16.4. The van der Waals surface area contributed by atoms with Crippen molar-refractivity contribution in [1.29, 1.82) is 0 Å². The van der Waals surface area contributed by atoms with E-state index in [1.807, 2.05) is 37.3 Å². The topological polar surface area (TPSA) is 84.9 Å². The number of Topliss-reactive ketones (excluding diaryl/α,β-unsaturated/α-hetero) is 1. The van der Waals surface area contributed by atoms with Gasteiger partial charge >= 0.3 is 5.97 Å². The van der Waals surface area contributed by atoms with E-state index in [0.29, 0.717) is 41.9 Å². The van der Waals surface area contributed by atoms with Gasteiger partial charge in [0.25, 0.3) is 0 Å². The van der Waals surface area contributed by atoms with Crippen molar-refractivity contribution in [3.05, 3.63) is 81.2 Å². The van der Waals surface area contributed by atoms with E-state index in [1.165, 1.54) is 0 Å². The number of phenolic OH excluding ortho intramolecular Hbond substituents is 1. The summed E-state index contributed by atoms with van der Waals surface area (Å²) in [5.74, 6) is -1.12. The number of benzene rings is 2. The van der Waals surface area contributed by atoms with E-state index in [1.54, 1.807) is 19.1 Å². The van der Waals surface area contributed by atoms with Gasteiger partial charge in [0, 0.05) is 35.7 Å². The van der Waals surface area contributed by atoms with Gasteiger partial charge in [-0.05, 0) is 49.9 Å². The molecule has 7 heteroatoms. The fourth-order valence-corrected chi connectivity index (χ4v) is 4.82. The van der Waals surface area contributed by atoms with Crippen molar-refractivity contribution in [1.82, 2.24) is 5.32 Å². The SMILES string of the molecule is CCOc1cc([C@@H]2C(C(=O)OCCc3ccccc3)=C(C)NC3=C2C(=O)CCC3)cc(Cl)c1O. The highest BCUT2D eigenvalue weighted by Gasteiger charge is 2.39. The minimum Gasteiger partial charge on any atom is -0.503 e. The van der Waals surface area contributed by atoms with E-state index in [2.05, 4.69) is 5.32 Å². The summed E-state index contributed by atoms with van der Waals surface area (Å²) in [7, 11) is 0. The average molecular weight is 482 g/mol. The number of carbonyl (C=O) groups is 2. The van der Waals surface area contributed by atoms with Crippen LogP contribution in [0.4, 0.5) is 0 Å². The van der Waals surface area contributed by atoms with Crippen molar-refractivity contribution in [2.45, 2.75) is 45.4 Å². The molecule has 1 heterocycles. The lowest BCUT2D eigenvalue weighted by Gasteiger charge is -2.34. The van der Waals surface area contributed by atoms with Crippen LogP contribution in [0, 0.1) is 0 Å². The number of allylic oxidation sites excluding steroid dienone is 3. The van der Waals surface area contributed by atoms with Crippen LogP contribution >= 0.6 is 11.6 Å². The van der Waals surface area contributed by atoms with Gasteiger partial charge in [0.2, 0.25) is 0 Å². The molecule has 0 radical (unpaired) electrons. The van der Waals surface area contributed by atoms with E-state index >= 15 is 0 Å². The standard InChI is InChI=1S/C27H28ClNO5/c1-3-33-22-15-18(14-19(28)26(22)31)24-23(16(2)29-20-10-7-11-21(30)25(20)24)27(32)34-13-12-17-8-5-4-6-9-17/h4-6,8-9,14-15,24,29,31H,3,7,10-13H2,1-2H3/t24-/m1/s1. The molecule has 1 atom stereocenters. The molecule has 4 rings (SSSR count). The summed E-state index contributed by atoms with van der Waals surface area (Å²) in [6.07, 6.45) is 2.47. The molecule has 0 saturated heterocycles. The maximum Gasteiger partial charge on any atom is 0.336 e. The molecule has 0 bridgehead atoms. The second-order valence-corrected chi connectivity index (χ2v) is 8.83.